The molecule has 4 nitrogen and oxygen atoms in total. The van der Waals surface area contributed by atoms with Gasteiger partial charge in [-0.05, 0) is 74.7 Å². The van der Waals surface area contributed by atoms with Gasteiger partial charge in [-0.2, -0.15) is 5.16 Å². The Morgan fingerprint density at radius 3 is 2.27 bits per heavy atom. The van der Waals surface area contributed by atoms with Crippen LogP contribution in [0.3, 0.4) is 0 Å². The Labute approximate surface area is 174 Å². The van der Waals surface area contributed by atoms with Crippen LogP contribution in [0.2, 0.25) is 0 Å². The highest BCUT2D eigenvalue weighted by Crippen LogP contribution is 2.33. The number of aryl methyl sites for hydroxylation is 1. The number of aromatic amines is 1. The summed E-state index contributed by atoms with van der Waals surface area (Å²) in [6, 6.07) is 13.1. The van der Waals surface area contributed by atoms with Crippen LogP contribution in [0.5, 0.6) is 0 Å². The lowest BCUT2D eigenvalue weighted by molar-refractivity contribution is 0.209. The van der Waals surface area contributed by atoms with E-state index in [0.717, 1.165) is 61.1 Å². The Morgan fingerprint density at radius 2 is 1.67 bits per heavy atom. The van der Waals surface area contributed by atoms with E-state index in [1.165, 1.54) is 24.3 Å². The minimum atomic E-state index is -0.269. The van der Waals surface area contributed by atoms with Crippen molar-refractivity contribution in [3.63, 3.8) is 0 Å². The second-order valence-electron chi connectivity index (χ2n) is 8.06. The summed E-state index contributed by atoms with van der Waals surface area (Å²) in [5, 5.41) is 2.47. The van der Waals surface area contributed by atoms with Crippen molar-refractivity contribution in [1.29, 1.82) is 0 Å². The topological polar surface area (TPSA) is 49.2 Å². The first kappa shape index (κ1) is 20.5. The summed E-state index contributed by atoms with van der Waals surface area (Å²) in [5.74, 6) is 0.294. The molecule has 30 heavy (non-hydrogen) atoms. The van der Waals surface area contributed by atoms with E-state index in [1.807, 2.05) is 7.05 Å². The van der Waals surface area contributed by atoms with E-state index in [0.29, 0.717) is 0 Å². The quantitative estimate of drug-likeness (QED) is 0.583. The van der Waals surface area contributed by atoms with Gasteiger partial charge in [0.2, 0.25) is 0 Å². The predicted octanol–water partition coefficient (Wildman–Crippen LogP) is 5.17. The van der Waals surface area contributed by atoms with Gasteiger partial charge in [0.25, 0.3) is 5.56 Å². The van der Waals surface area contributed by atoms with Gasteiger partial charge in [-0.1, -0.05) is 24.3 Å². The zero-order chi connectivity index (χ0) is 21.1. The molecule has 1 aliphatic rings. The third kappa shape index (κ3) is 4.38. The molecule has 6 heteroatoms. The van der Waals surface area contributed by atoms with Gasteiger partial charge in [0.15, 0.2) is 0 Å². The smallest absolute Gasteiger partial charge is 0.284 e. The number of hydrogen-bond donors (Lipinski definition) is 1. The van der Waals surface area contributed by atoms with E-state index in [-0.39, 0.29) is 29.2 Å². The minimum absolute atomic E-state index is 0.0545. The molecule has 0 bridgehead atoms. The van der Waals surface area contributed by atoms with E-state index in [1.54, 1.807) is 24.3 Å². The molecule has 0 aliphatic heterocycles. The van der Waals surface area contributed by atoms with E-state index >= 15 is 0 Å². The third-order valence-corrected chi connectivity index (χ3v) is 6.11. The average Bonchev–Trinajstić information content (AvgIpc) is 3.14. The van der Waals surface area contributed by atoms with Crippen molar-refractivity contribution in [2.45, 2.75) is 44.1 Å². The summed E-state index contributed by atoms with van der Waals surface area (Å²) in [6.45, 7) is 0.813. The van der Waals surface area contributed by atoms with Crippen molar-refractivity contribution in [2.75, 3.05) is 13.6 Å². The van der Waals surface area contributed by atoms with Crippen LogP contribution in [0.25, 0.3) is 0 Å². The lowest BCUT2D eigenvalue weighted by Crippen LogP contribution is -2.31. The van der Waals surface area contributed by atoms with Crippen LogP contribution in [-0.2, 0) is 6.42 Å². The number of nitrogens with one attached hydrogen (secondary N) is 1. The van der Waals surface area contributed by atoms with Crippen LogP contribution in [0.1, 0.15) is 60.1 Å². The Kier molecular flexibility index (Phi) is 6.13. The molecule has 2 aromatic carbocycles. The van der Waals surface area contributed by atoms with Gasteiger partial charge < -0.3 is 4.52 Å². The van der Waals surface area contributed by atoms with Crippen molar-refractivity contribution >= 4 is 0 Å². The van der Waals surface area contributed by atoms with Gasteiger partial charge in [-0.25, -0.2) is 8.78 Å². The lowest BCUT2D eigenvalue weighted by Gasteiger charge is -2.30. The molecule has 3 aromatic rings. The van der Waals surface area contributed by atoms with Crippen molar-refractivity contribution in [1.82, 2.24) is 10.1 Å². The van der Waals surface area contributed by atoms with Gasteiger partial charge in [0.05, 0.1) is 5.56 Å². The molecular formula is C24H26F2N2O2. The number of halogens is 2. The third-order valence-electron chi connectivity index (χ3n) is 6.11. The standard InChI is InChI=1S/C24H26F2N2O2/c1-28(21-5-2-6-22-23(21)24(29)27-30-22)15-3-4-20(16-7-11-18(25)12-8-16)17-9-13-19(26)14-10-17/h7-14,20-21H,2-6,15H2,1H3,(H,27,29). The van der Waals surface area contributed by atoms with Crippen LogP contribution < -0.4 is 5.56 Å². The van der Waals surface area contributed by atoms with Crippen molar-refractivity contribution in [3.05, 3.63) is 93.0 Å². The summed E-state index contributed by atoms with van der Waals surface area (Å²) in [7, 11) is 2.04. The molecule has 1 unspecified atom stereocenters. The zero-order valence-electron chi connectivity index (χ0n) is 17.0. The van der Waals surface area contributed by atoms with E-state index in [9.17, 15) is 13.6 Å². The predicted molar refractivity (Wildman–Crippen MR) is 112 cm³/mol. The number of benzene rings is 2. The van der Waals surface area contributed by atoms with E-state index < -0.39 is 0 Å². The fourth-order valence-corrected chi connectivity index (χ4v) is 4.53. The molecule has 1 aliphatic carbocycles. The summed E-state index contributed by atoms with van der Waals surface area (Å²) in [6.07, 6.45) is 4.46. The van der Waals surface area contributed by atoms with E-state index in [4.69, 9.17) is 4.52 Å². The number of fused-ring (bicyclic) bond motifs is 1. The maximum Gasteiger partial charge on any atom is 0.284 e. The second-order valence-corrected chi connectivity index (χ2v) is 8.06. The van der Waals surface area contributed by atoms with Crippen LogP contribution in [0.15, 0.2) is 57.8 Å². The minimum Gasteiger partial charge on any atom is -0.383 e. The number of hydrogen-bond acceptors (Lipinski definition) is 3. The normalized spacial score (nSPS) is 16.2. The molecule has 0 spiro atoms. The first-order chi connectivity index (χ1) is 14.5. The zero-order valence-corrected chi connectivity index (χ0v) is 17.0. The molecule has 0 saturated carbocycles. The van der Waals surface area contributed by atoms with Crippen LogP contribution in [0.4, 0.5) is 8.78 Å². The molecule has 0 amide bonds. The Morgan fingerprint density at radius 1 is 1.07 bits per heavy atom. The Hall–Kier alpha value is -2.73. The second kappa shape index (κ2) is 8.96. The maximum absolute atomic E-state index is 13.4. The summed E-state index contributed by atoms with van der Waals surface area (Å²) in [5.41, 5.74) is 2.66. The molecule has 0 radical (unpaired) electrons. The van der Waals surface area contributed by atoms with Crippen LogP contribution in [0, 0.1) is 11.6 Å². The number of H-pyrrole nitrogens is 1. The highest BCUT2D eigenvalue weighted by molar-refractivity contribution is 5.32. The summed E-state index contributed by atoms with van der Waals surface area (Å²) >= 11 is 0. The van der Waals surface area contributed by atoms with Crippen molar-refractivity contribution in [2.24, 2.45) is 0 Å². The lowest BCUT2D eigenvalue weighted by atomic mass is 9.87. The molecular weight excluding hydrogens is 386 g/mol. The van der Waals surface area contributed by atoms with Gasteiger partial charge in [-0.15, -0.1) is 0 Å². The first-order valence-corrected chi connectivity index (χ1v) is 10.4. The monoisotopic (exact) mass is 412 g/mol. The molecule has 0 saturated heterocycles. The van der Waals surface area contributed by atoms with Crippen molar-refractivity contribution < 1.29 is 13.3 Å². The molecule has 1 atom stereocenters. The first-order valence-electron chi connectivity index (χ1n) is 10.4. The van der Waals surface area contributed by atoms with Crippen LogP contribution >= 0.6 is 0 Å². The largest absolute Gasteiger partial charge is 0.383 e. The number of nitrogens with zero attached hydrogens (tertiary/aromatic N) is 1. The number of aromatic nitrogens is 1. The van der Waals surface area contributed by atoms with Gasteiger partial charge >= 0.3 is 0 Å². The Bertz CT molecular complexity index is 979. The summed E-state index contributed by atoms with van der Waals surface area (Å²) < 4.78 is 32.1. The molecule has 1 N–H and O–H groups in total. The SMILES string of the molecule is CN(CCCC(c1ccc(F)cc1)c1ccc(F)cc1)C1CCCc2o[nH]c(=O)c21. The number of rotatable bonds is 7. The summed E-state index contributed by atoms with van der Waals surface area (Å²) in [4.78, 5) is 14.4. The molecule has 1 heterocycles. The fraction of sp³-hybridized carbons (Fsp3) is 0.375. The van der Waals surface area contributed by atoms with Gasteiger partial charge in [-0.3, -0.25) is 9.69 Å². The maximum atomic E-state index is 13.4. The average molecular weight is 412 g/mol. The highest BCUT2D eigenvalue weighted by Gasteiger charge is 2.29. The highest BCUT2D eigenvalue weighted by atomic mass is 19.1. The molecule has 0 fully saturated rings. The van der Waals surface area contributed by atoms with Gasteiger partial charge in [0, 0.05) is 18.4 Å². The fourth-order valence-electron chi connectivity index (χ4n) is 4.53. The molecule has 4 rings (SSSR count). The molecule has 1 aromatic heterocycles. The Balaban J connectivity index is 1.46. The van der Waals surface area contributed by atoms with Gasteiger partial charge in [0.1, 0.15) is 17.4 Å². The van der Waals surface area contributed by atoms with Crippen LogP contribution in [-0.4, -0.2) is 23.6 Å². The van der Waals surface area contributed by atoms with Crippen molar-refractivity contribution in [3.8, 4) is 0 Å². The van der Waals surface area contributed by atoms with E-state index in [2.05, 4.69) is 10.1 Å². The molecule has 158 valence electrons.